The molecule has 0 unspecified atom stereocenters. The number of hydrogen-bond donors (Lipinski definition) is 1. The van der Waals surface area contributed by atoms with Crippen molar-refractivity contribution < 1.29 is 5.11 Å². The number of rotatable bonds is 3. The lowest BCUT2D eigenvalue weighted by Gasteiger charge is -2.20. The van der Waals surface area contributed by atoms with Crippen LogP contribution >= 0.6 is 0 Å². The van der Waals surface area contributed by atoms with Crippen LogP contribution in [0.15, 0.2) is 36.5 Å². The average Bonchev–Trinajstić information content (AvgIpc) is 2.40. The lowest BCUT2D eigenvalue weighted by molar-refractivity contribution is 0.475. The van der Waals surface area contributed by atoms with Crippen LogP contribution in [0.1, 0.15) is 12.6 Å². The topological polar surface area (TPSA) is 73.0 Å². The van der Waals surface area contributed by atoms with Gasteiger partial charge in [0.25, 0.3) is 0 Å². The van der Waals surface area contributed by atoms with Crippen molar-refractivity contribution in [2.45, 2.75) is 6.92 Å². The number of benzene rings is 1. The van der Waals surface area contributed by atoms with Crippen molar-refractivity contribution in [3.63, 3.8) is 0 Å². The Balaban J connectivity index is 2.42. The zero-order valence-electron chi connectivity index (χ0n) is 9.91. The third-order valence-corrected chi connectivity index (χ3v) is 2.46. The molecular weight excluding hydrogens is 228 g/mol. The molecule has 0 saturated carbocycles. The van der Waals surface area contributed by atoms with E-state index in [1.807, 2.05) is 24.0 Å². The lowest BCUT2D eigenvalue weighted by Crippen LogP contribution is -2.18. The third-order valence-electron chi connectivity index (χ3n) is 2.46. The van der Waals surface area contributed by atoms with Gasteiger partial charge >= 0.3 is 0 Å². The van der Waals surface area contributed by atoms with Crippen LogP contribution in [0, 0.1) is 11.3 Å². The van der Waals surface area contributed by atoms with E-state index in [1.165, 1.54) is 0 Å². The maximum Gasteiger partial charge on any atom is 0.231 e. The molecule has 2 rings (SSSR count). The van der Waals surface area contributed by atoms with Crippen molar-refractivity contribution in [2.24, 2.45) is 0 Å². The molecule has 0 radical (unpaired) electrons. The summed E-state index contributed by atoms with van der Waals surface area (Å²) in [5.74, 6) is 0.629. The Morgan fingerprint density at radius 1 is 1.39 bits per heavy atom. The van der Waals surface area contributed by atoms with Gasteiger partial charge in [-0.05, 0) is 25.1 Å². The van der Waals surface area contributed by atoms with E-state index < -0.39 is 0 Å². The van der Waals surface area contributed by atoms with Crippen molar-refractivity contribution in [1.29, 1.82) is 5.26 Å². The van der Waals surface area contributed by atoms with E-state index >= 15 is 0 Å². The van der Waals surface area contributed by atoms with Gasteiger partial charge in [0.2, 0.25) is 5.95 Å². The summed E-state index contributed by atoms with van der Waals surface area (Å²) in [5.41, 5.74) is 1.10. The van der Waals surface area contributed by atoms with E-state index in [1.54, 1.807) is 30.5 Å². The molecule has 0 bridgehead atoms. The summed E-state index contributed by atoms with van der Waals surface area (Å²) in [6, 6.07) is 10.4. The number of anilines is 2. The van der Waals surface area contributed by atoms with Crippen LogP contribution in [-0.4, -0.2) is 21.6 Å². The van der Waals surface area contributed by atoms with Gasteiger partial charge < -0.3 is 10.0 Å². The van der Waals surface area contributed by atoms with Gasteiger partial charge in [0, 0.05) is 24.5 Å². The van der Waals surface area contributed by atoms with Gasteiger partial charge in [-0.15, -0.1) is 0 Å². The van der Waals surface area contributed by atoms with Crippen molar-refractivity contribution in [3.8, 4) is 11.8 Å². The van der Waals surface area contributed by atoms with Gasteiger partial charge in [-0.2, -0.15) is 5.26 Å². The molecule has 1 heterocycles. The molecule has 0 saturated heterocycles. The summed E-state index contributed by atoms with van der Waals surface area (Å²) < 4.78 is 0. The van der Waals surface area contributed by atoms with Crippen molar-refractivity contribution in [1.82, 2.24) is 9.97 Å². The Kier molecular flexibility index (Phi) is 3.39. The monoisotopic (exact) mass is 240 g/mol. The van der Waals surface area contributed by atoms with E-state index in [9.17, 15) is 5.11 Å². The van der Waals surface area contributed by atoms with Crippen molar-refractivity contribution >= 4 is 11.6 Å². The summed E-state index contributed by atoms with van der Waals surface area (Å²) in [5, 5.41) is 18.3. The first-order chi connectivity index (χ1) is 8.74. The number of phenols is 1. The van der Waals surface area contributed by atoms with Gasteiger partial charge in [0.1, 0.15) is 17.5 Å². The Morgan fingerprint density at radius 2 is 2.22 bits per heavy atom. The van der Waals surface area contributed by atoms with E-state index in [4.69, 9.17) is 5.26 Å². The fraction of sp³-hybridized carbons (Fsp3) is 0.154. The quantitative estimate of drug-likeness (QED) is 0.890. The number of hydrogen-bond acceptors (Lipinski definition) is 5. The van der Waals surface area contributed by atoms with Crippen LogP contribution in [-0.2, 0) is 0 Å². The minimum atomic E-state index is 0.183. The summed E-state index contributed by atoms with van der Waals surface area (Å²) in [4.78, 5) is 10.1. The summed E-state index contributed by atoms with van der Waals surface area (Å²) in [6.45, 7) is 2.59. The molecule has 0 spiro atoms. The van der Waals surface area contributed by atoms with E-state index in [-0.39, 0.29) is 5.75 Å². The Hall–Kier alpha value is -2.61. The predicted molar refractivity (Wildman–Crippen MR) is 67.5 cm³/mol. The van der Waals surface area contributed by atoms with Crippen LogP contribution in [0.5, 0.6) is 5.75 Å². The molecule has 18 heavy (non-hydrogen) atoms. The molecule has 0 atom stereocenters. The highest BCUT2D eigenvalue weighted by Crippen LogP contribution is 2.24. The summed E-state index contributed by atoms with van der Waals surface area (Å²) >= 11 is 0. The minimum absolute atomic E-state index is 0.183. The fourth-order valence-corrected chi connectivity index (χ4v) is 1.64. The molecule has 90 valence electrons. The SMILES string of the molecule is CCN(c1cccc(O)c1)c1nccc(C#N)n1. The van der Waals surface area contributed by atoms with Crippen molar-refractivity contribution in [3.05, 3.63) is 42.2 Å². The second-order valence-electron chi connectivity index (χ2n) is 3.62. The predicted octanol–water partition coefficient (Wildman–Crippen LogP) is 2.21. The van der Waals surface area contributed by atoms with Crippen LogP contribution in [0.25, 0.3) is 0 Å². The lowest BCUT2D eigenvalue weighted by atomic mass is 10.3. The highest BCUT2D eigenvalue weighted by atomic mass is 16.3. The molecule has 0 aliphatic heterocycles. The Bertz CT molecular complexity index is 592. The second kappa shape index (κ2) is 5.15. The van der Waals surface area contributed by atoms with Crippen LogP contribution in [0.3, 0.4) is 0 Å². The molecule has 1 N–H and O–H groups in total. The van der Waals surface area contributed by atoms with Gasteiger partial charge in [-0.25, -0.2) is 9.97 Å². The fourth-order valence-electron chi connectivity index (χ4n) is 1.64. The number of nitrogens with zero attached hydrogens (tertiary/aromatic N) is 4. The van der Waals surface area contributed by atoms with E-state index in [0.717, 1.165) is 5.69 Å². The molecule has 1 aromatic heterocycles. The highest BCUT2D eigenvalue weighted by molar-refractivity contribution is 5.59. The standard InChI is InChI=1S/C13H12N4O/c1-2-17(11-4-3-5-12(18)8-11)13-15-7-6-10(9-14)16-13/h3-8,18H,2H2,1H3. The molecule has 0 fully saturated rings. The first kappa shape index (κ1) is 11.9. The third kappa shape index (κ3) is 2.38. The van der Waals surface area contributed by atoms with E-state index in [0.29, 0.717) is 18.2 Å². The average molecular weight is 240 g/mol. The van der Waals surface area contributed by atoms with Gasteiger partial charge in [-0.1, -0.05) is 6.07 Å². The van der Waals surface area contributed by atoms with E-state index in [2.05, 4.69) is 9.97 Å². The zero-order chi connectivity index (χ0) is 13.0. The van der Waals surface area contributed by atoms with Crippen LogP contribution in [0.2, 0.25) is 0 Å². The molecule has 5 heteroatoms. The summed E-state index contributed by atoms with van der Waals surface area (Å²) in [7, 11) is 0. The zero-order valence-corrected chi connectivity index (χ0v) is 9.91. The second-order valence-corrected chi connectivity index (χ2v) is 3.62. The largest absolute Gasteiger partial charge is 0.508 e. The maximum absolute atomic E-state index is 9.49. The maximum atomic E-state index is 9.49. The molecule has 0 aliphatic rings. The summed E-state index contributed by atoms with van der Waals surface area (Å²) in [6.07, 6.45) is 1.55. The van der Waals surface area contributed by atoms with Gasteiger partial charge in [0.15, 0.2) is 0 Å². The molecule has 2 aromatic rings. The molecule has 1 aromatic carbocycles. The van der Waals surface area contributed by atoms with Gasteiger partial charge in [0.05, 0.1) is 0 Å². The number of aromatic hydroxyl groups is 1. The van der Waals surface area contributed by atoms with Crippen molar-refractivity contribution in [2.75, 3.05) is 11.4 Å². The Morgan fingerprint density at radius 3 is 2.89 bits per heavy atom. The first-order valence-corrected chi connectivity index (χ1v) is 5.54. The molecular formula is C13H12N4O. The minimum Gasteiger partial charge on any atom is -0.508 e. The number of aromatic nitrogens is 2. The molecule has 0 aliphatic carbocycles. The molecule has 5 nitrogen and oxygen atoms in total. The highest BCUT2D eigenvalue weighted by Gasteiger charge is 2.11. The number of phenolic OH excluding ortho intramolecular Hbond substituents is 1. The van der Waals surface area contributed by atoms with Gasteiger partial charge in [-0.3, -0.25) is 0 Å². The Labute approximate surface area is 105 Å². The number of nitriles is 1. The normalized spacial score (nSPS) is 9.78. The van der Waals surface area contributed by atoms with Crippen LogP contribution < -0.4 is 4.90 Å². The molecule has 0 amide bonds. The smallest absolute Gasteiger partial charge is 0.231 e. The van der Waals surface area contributed by atoms with Crippen LogP contribution in [0.4, 0.5) is 11.6 Å². The first-order valence-electron chi connectivity index (χ1n) is 5.54.